The molecule has 4 aromatic rings. The maximum Gasteiger partial charge on any atom is 0.446 e. The van der Waals surface area contributed by atoms with Crippen molar-refractivity contribution in [1.82, 2.24) is 15.2 Å². The van der Waals surface area contributed by atoms with Gasteiger partial charge in [-0.05, 0) is 60.9 Å². The van der Waals surface area contributed by atoms with Crippen LogP contribution in [0.5, 0.6) is 5.88 Å². The number of ether oxygens (including phenoxy) is 1. The van der Waals surface area contributed by atoms with Gasteiger partial charge in [-0.15, -0.1) is 0 Å². The molecule has 0 saturated heterocycles. The van der Waals surface area contributed by atoms with Crippen LogP contribution < -0.4 is 4.74 Å². The fourth-order valence-corrected chi connectivity index (χ4v) is 4.18. The maximum absolute atomic E-state index is 10.4. The molecule has 35 heavy (non-hydrogen) atoms. The number of carbonyl (C=O) groups excluding carboxylic acids is 1. The summed E-state index contributed by atoms with van der Waals surface area (Å²) < 4.78 is 37.6. The Kier molecular flexibility index (Phi) is 7.30. The minimum atomic E-state index is -4.64. The first-order valence-electron chi connectivity index (χ1n) is 11.3. The lowest BCUT2D eigenvalue weighted by atomic mass is 9.98. The van der Waals surface area contributed by atoms with Crippen LogP contribution in [-0.4, -0.2) is 33.7 Å². The van der Waals surface area contributed by atoms with Crippen molar-refractivity contribution in [2.24, 2.45) is 0 Å². The summed E-state index contributed by atoms with van der Waals surface area (Å²) in [5, 5.41) is 19.8. The minimum absolute atomic E-state index is 0.230. The van der Waals surface area contributed by atoms with Crippen LogP contribution in [0.15, 0.2) is 48.5 Å². The monoisotopic (exact) mass is 480 g/mol. The first kappa shape index (κ1) is 24.2. The number of pyridine rings is 1. The number of nitrogens with zero attached hydrogens (tertiary/aromatic N) is 3. The number of rotatable bonds is 4. The molecule has 2 heterocycles. The number of aldehydes is 1. The van der Waals surface area contributed by atoms with Crippen LogP contribution in [0.3, 0.4) is 0 Å². The van der Waals surface area contributed by atoms with E-state index in [4.69, 9.17) is 19.8 Å². The average molecular weight is 480 g/mol. The predicted octanol–water partition coefficient (Wildman–Crippen LogP) is 6.30. The lowest BCUT2D eigenvalue weighted by Crippen LogP contribution is -2.20. The van der Waals surface area contributed by atoms with Gasteiger partial charge in [-0.3, -0.25) is 9.89 Å². The van der Waals surface area contributed by atoms with Crippen molar-refractivity contribution in [2.45, 2.75) is 50.8 Å². The molecule has 1 saturated carbocycles. The van der Waals surface area contributed by atoms with E-state index in [0.717, 1.165) is 51.5 Å². The highest BCUT2D eigenvalue weighted by Gasteiger charge is 2.25. The molecule has 0 spiro atoms. The molecular weight excluding hydrogens is 457 g/mol. The molecule has 1 aliphatic carbocycles. The largest absolute Gasteiger partial charge is 0.474 e. The molecule has 0 unspecified atom stereocenters. The van der Waals surface area contributed by atoms with Crippen LogP contribution in [0, 0.1) is 11.3 Å². The number of carbonyl (C=O) groups is 1. The van der Waals surface area contributed by atoms with E-state index in [2.05, 4.69) is 34.5 Å². The summed E-state index contributed by atoms with van der Waals surface area (Å²) in [5.41, 5.74) is 3.49. The van der Waals surface area contributed by atoms with Crippen LogP contribution in [0.4, 0.5) is 13.2 Å². The Bertz CT molecular complexity index is 1370. The Hall–Kier alpha value is -3.93. The SMILES string of the molecule is N#CCc1ccc2[nH]nc(-c3cc4ccccc4c(OC4CCCCC4)n3)c2c1.O=CC(F)(F)F. The average Bonchev–Trinajstić information content (AvgIpc) is 3.28. The van der Waals surface area contributed by atoms with Gasteiger partial charge in [-0.1, -0.05) is 30.7 Å². The van der Waals surface area contributed by atoms with Gasteiger partial charge in [0.2, 0.25) is 12.2 Å². The first-order chi connectivity index (χ1) is 16.9. The Labute approximate surface area is 199 Å². The number of hydrogen-bond acceptors (Lipinski definition) is 5. The molecule has 1 fully saturated rings. The number of aromatic amines is 1. The van der Waals surface area contributed by atoms with E-state index in [1.54, 1.807) is 0 Å². The van der Waals surface area contributed by atoms with Crippen molar-refractivity contribution in [3.63, 3.8) is 0 Å². The number of fused-ring (bicyclic) bond motifs is 2. The maximum atomic E-state index is 10.4. The summed E-state index contributed by atoms with van der Waals surface area (Å²) in [4.78, 5) is 13.6. The van der Waals surface area contributed by atoms with Gasteiger partial charge in [-0.2, -0.15) is 23.5 Å². The molecule has 0 bridgehead atoms. The summed E-state index contributed by atoms with van der Waals surface area (Å²) in [6.45, 7) is 0. The second-order valence-corrected chi connectivity index (χ2v) is 8.36. The molecule has 5 rings (SSSR count). The van der Waals surface area contributed by atoms with Crippen LogP contribution in [0.1, 0.15) is 37.7 Å². The second-order valence-electron chi connectivity index (χ2n) is 8.36. The van der Waals surface area contributed by atoms with Crippen molar-refractivity contribution in [1.29, 1.82) is 5.26 Å². The Morgan fingerprint density at radius 1 is 1.09 bits per heavy atom. The molecule has 2 aromatic heterocycles. The highest BCUT2D eigenvalue weighted by Crippen LogP contribution is 2.34. The van der Waals surface area contributed by atoms with E-state index in [-0.39, 0.29) is 6.10 Å². The third-order valence-corrected chi connectivity index (χ3v) is 5.82. The quantitative estimate of drug-likeness (QED) is 0.346. The number of H-pyrrole nitrogens is 1. The van der Waals surface area contributed by atoms with E-state index in [1.165, 1.54) is 19.3 Å². The van der Waals surface area contributed by atoms with E-state index in [9.17, 15) is 13.2 Å². The van der Waals surface area contributed by atoms with Gasteiger partial charge in [0, 0.05) is 10.8 Å². The lowest BCUT2D eigenvalue weighted by Gasteiger charge is -2.23. The van der Waals surface area contributed by atoms with Gasteiger partial charge in [0.05, 0.1) is 23.7 Å². The fraction of sp³-hybridized carbons (Fsp3) is 0.308. The molecule has 2 aromatic carbocycles. The first-order valence-corrected chi connectivity index (χ1v) is 11.3. The number of nitrogens with one attached hydrogen (secondary N) is 1. The highest BCUT2D eigenvalue weighted by molar-refractivity contribution is 5.96. The van der Waals surface area contributed by atoms with Crippen molar-refractivity contribution in [3.05, 3.63) is 54.1 Å². The highest BCUT2D eigenvalue weighted by atomic mass is 19.4. The summed E-state index contributed by atoms with van der Waals surface area (Å²) >= 11 is 0. The van der Waals surface area contributed by atoms with Crippen LogP contribution in [0.25, 0.3) is 33.1 Å². The number of aromatic nitrogens is 3. The van der Waals surface area contributed by atoms with Crippen molar-refractivity contribution >= 4 is 28.0 Å². The third-order valence-electron chi connectivity index (χ3n) is 5.82. The molecule has 1 aliphatic rings. The Balaban J connectivity index is 0.000000431. The molecular formula is C26H23F3N4O2. The molecule has 0 aliphatic heterocycles. The Morgan fingerprint density at radius 3 is 2.54 bits per heavy atom. The van der Waals surface area contributed by atoms with Gasteiger partial charge in [0.15, 0.2) is 0 Å². The topological polar surface area (TPSA) is 91.7 Å². The standard InChI is InChI=1S/C24H22N4O.C2HF3O/c25-13-12-16-10-11-21-20(14-16)23(28-27-21)22-15-17-6-4-5-9-19(17)24(26-22)29-18-7-2-1-3-8-18;3-2(4,5)1-6/h4-6,9-11,14-15,18H,1-3,7-8,12H2,(H,27,28);1H. The van der Waals surface area contributed by atoms with E-state index in [0.29, 0.717) is 12.3 Å². The number of halogens is 3. The Morgan fingerprint density at radius 2 is 1.83 bits per heavy atom. The van der Waals surface area contributed by atoms with Gasteiger partial charge < -0.3 is 4.74 Å². The van der Waals surface area contributed by atoms with Gasteiger partial charge in [-0.25, -0.2) is 4.98 Å². The molecule has 180 valence electrons. The number of hydrogen-bond donors (Lipinski definition) is 1. The van der Waals surface area contributed by atoms with Crippen molar-refractivity contribution < 1.29 is 22.7 Å². The van der Waals surface area contributed by atoms with Crippen LogP contribution >= 0.6 is 0 Å². The zero-order valence-electron chi connectivity index (χ0n) is 18.8. The zero-order valence-corrected chi connectivity index (χ0v) is 18.8. The van der Waals surface area contributed by atoms with Crippen molar-refractivity contribution in [2.75, 3.05) is 0 Å². The number of benzene rings is 2. The molecule has 1 N–H and O–H groups in total. The summed E-state index contributed by atoms with van der Waals surface area (Å²) in [6.07, 6.45) is 0.800. The summed E-state index contributed by atoms with van der Waals surface area (Å²) in [6, 6.07) is 18.4. The van der Waals surface area contributed by atoms with Gasteiger partial charge in [0.25, 0.3) is 0 Å². The zero-order chi connectivity index (χ0) is 24.8. The minimum Gasteiger partial charge on any atom is -0.474 e. The second kappa shape index (κ2) is 10.6. The van der Waals surface area contributed by atoms with E-state index >= 15 is 0 Å². The molecule has 0 radical (unpaired) electrons. The predicted molar refractivity (Wildman–Crippen MR) is 126 cm³/mol. The number of alkyl halides is 3. The van der Waals surface area contributed by atoms with Crippen molar-refractivity contribution in [3.8, 4) is 23.3 Å². The molecule has 9 heteroatoms. The fourth-order valence-electron chi connectivity index (χ4n) is 4.18. The summed E-state index contributed by atoms with van der Waals surface area (Å²) in [7, 11) is 0. The van der Waals surface area contributed by atoms with E-state index in [1.807, 2.05) is 30.3 Å². The lowest BCUT2D eigenvalue weighted by molar-refractivity contribution is -0.156. The molecule has 0 atom stereocenters. The third kappa shape index (κ3) is 5.96. The van der Waals surface area contributed by atoms with E-state index < -0.39 is 12.5 Å². The van der Waals surface area contributed by atoms with Gasteiger partial charge in [0.1, 0.15) is 11.8 Å². The van der Waals surface area contributed by atoms with Gasteiger partial charge >= 0.3 is 6.18 Å². The number of nitriles is 1. The van der Waals surface area contributed by atoms with Crippen LogP contribution in [-0.2, 0) is 11.2 Å². The smallest absolute Gasteiger partial charge is 0.446 e. The summed E-state index contributed by atoms with van der Waals surface area (Å²) in [5.74, 6) is 0.689. The molecule has 0 amide bonds. The normalized spacial score (nSPS) is 14.2. The molecule has 6 nitrogen and oxygen atoms in total. The van der Waals surface area contributed by atoms with Crippen LogP contribution in [0.2, 0.25) is 0 Å².